The van der Waals surface area contributed by atoms with Crippen LogP contribution in [0.5, 0.6) is 5.75 Å². The summed E-state index contributed by atoms with van der Waals surface area (Å²) in [4.78, 5) is 2.63. The first-order chi connectivity index (χ1) is 12.9. The van der Waals surface area contributed by atoms with E-state index in [1.54, 1.807) is 0 Å². The van der Waals surface area contributed by atoms with Gasteiger partial charge in [0.05, 0.1) is 12.6 Å². The van der Waals surface area contributed by atoms with E-state index in [4.69, 9.17) is 4.74 Å². The lowest BCUT2D eigenvalue weighted by Gasteiger charge is -2.37. The van der Waals surface area contributed by atoms with Crippen molar-refractivity contribution in [1.82, 2.24) is 9.47 Å². The monoisotopic (exact) mass is 344 g/mol. The molecule has 0 amide bonds. The SMILES string of the molecule is c1ccc([C@@H]2c3cccn3CCN2CCc2ccc3c(c2)CCO3)cc1. The van der Waals surface area contributed by atoms with E-state index < -0.39 is 0 Å². The summed E-state index contributed by atoms with van der Waals surface area (Å²) >= 11 is 0. The number of nitrogens with zero attached hydrogens (tertiary/aromatic N) is 2. The molecule has 0 radical (unpaired) electrons. The van der Waals surface area contributed by atoms with E-state index in [1.807, 2.05) is 0 Å². The lowest BCUT2D eigenvalue weighted by Crippen LogP contribution is -2.39. The van der Waals surface area contributed by atoms with Gasteiger partial charge in [0.15, 0.2) is 0 Å². The highest BCUT2D eigenvalue weighted by atomic mass is 16.5. The Morgan fingerprint density at radius 1 is 0.962 bits per heavy atom. The van der Waals surface area contributed by atoms with Crippen molar-refractivity contribution in [3.05, 3.63) is 89.2 Å². The van der Waals surface area contributed by atoms with E-state index in [-0.39, 0.29) is 0 Å². The van der Waals surface area contributed by atoms with Crippen molar-refractivity contribution in [3.8, 4) is 5.75 Å². The van der Waals surface area contributed by atoms with E-state index in [2.05, 4.69) is 76.3 Å². The van der Waals surface area contributed by atoms with E-state index in [1.165, 1.54) is 22.4 Å². The molecule has 2 aliphatic heterocycles. The lowest BCUT2D eigenvalue weighted by atomic mass is 9.99. The Hall–Kier alpha value is -2.52. The first-order valence-corrected chi connectivity index (χ1v) is 9.57. The smallest absolute Gasteiger partial charge is 0.122 e. The number of aromatic nitrogens is 1. The molecule has 1 atom stereocenters. The summed E-state index contributed by atoms with van der Waals surface area (Å²) in [6, 6.07) is 22.4. The summed E-state index contributed by atoms with van der Waals surface area (Å²) in [5.74, 6) is 1.08. The molecule has 3 heterocycles. The average molecular weight is 344 g/mol. The summed E-state index contributed by atoms with van der Waals surface area (Å²) < 4.78 is 8.04. The second kappa shape index (κ2) is 6.65. The van der Waals surface area contributed by atoms with Crippen LogP contribution < -0.4 is 4.74 Å². The summed E-state index contributed by atoms with van der Waals surface area (Å²) in [5, 5.41) is 0. The zero-order valence-electron chi connectivity index (χ0n) is 15.0. The Balaban J connectivity index is 1.39. The fourth-order valence-electron chi connectivity index (χ4n) is 4.36. The van der Waals surface area contributed by atoms with Gasteiger partial charge in [0.25, 0.3) is 0 Å². The molecule has 2 aromatic carbocycles. The average Bonchev–Trinajstić information content (AvgIpc) is 3.35. The van der Waals surface area contributed by atoms with Gasteiger partial charge in [-0.25, -0.2) is 0 Å². The van der Waals surface area contributed by atoms with Crippen molar-refractivity contribution < 1.29 is 4.74 Å². The fraction of sp³-hybridized carbons (Fsp3) is 0.304. The highest BCUT2D eigenvalue weighted by molar-refractivity contribution is 5.40. The number of rotatable bonds is 4. The zero-order chi connectivity index (χ0) is 17.3. The molecule has 1 aromatic heterocycles. The molecule has 0 saturated heterocycles. The van der Waals surface area contributed by atoms with Crippen LogP contribution in [0.3, 0.4) is 0 Å². The molecule has 2 aliphatic rings. The lowest BCUT2D eigenvalue weighted by molar-refractivity contribution is 0.185. The van der Waals surface area contributed by atoms with Crippen LogP contribution in [0.15, 0.2) is 66.9 Å². The fourth-order valence-corrected chi connectivity index (χ4v) is 4.36. The number of hydrogen-bond acceptors (Lipinski definition) is 2. The van der Waals surface area contributed by atoms with Crippen LogP contribution in [0.2, 0.25) is 0 Å². The standard InChI is InChI=1S/C23H24N2O/c1-2-5-19(6-3-1)23-21-7-4-12-24(21)14-15-25(23)13-10-18-8-9-22-20(17-18)11-16-26-22/h1-9,12,17,23H,10-11,13-16H2/t23-/m1/s1. The number of hydrogen-bond donors (Lipinski definition) is 0. The molecule has 0 spiro atoms. The van der Waals surface area contributed by atoms with E-state index in [0.29, 0.717) is 6.04 Å². The van der Waals surface area contributed by atoms with Crippen LogP contribution >= 0.6 is 0 Å². The van der Waals surface area contributed by atoms with Crippen LogP contribution in [-0.4, -0.2) is 29.2 Å². The molecule has 132 valence electrons. The molecule has 0 N–H and O–H groups in total. The Kier molecular flexibility index (Phi) is 4.02. The summed E-state index contributed by atoms with van der Waals surface area (Å²) in [6.45, 7) is 4.07. The molecule has 0 saturated carbocycles. The van der Waals surface area contributed by atoms with Crippen molar-refractivity contribution in [2.75, 3.05) is 19.7 Å². The van der Waals surface area contributed by atoms with Crippen molar-refractivity contribution in [2.45, 2.75) is 25.4 Å². The predicted octanol–water partition coefficient (Wildman–Crippen LogP) is 4.07. The van der Waals surface area contributed by atoms with Crippen LogP contribution in [0.1, 0.15) is 28.4 Å². The maximum absolute atomic E-state index is 5.64. The summed E-state index contributed by atoms with van der Waals surface area (Å²) in [7, 11) is 0. The molecule has 3 aromatic rings. The third kappa shape index (κ3) is 2.82. The molecule has 0 unspecified atom stereocenters. The van der Waals surface area contributed by atoms with Gasteiger partial charge in [-0.2, -0.15) is 0 Å². The number of fused-ring (bicyclic) bond motifs is 2. The quantitative estimate of drug-likeness (QED) is 0.710. The third-order valence-electron chi connectivity index (χ3n) is 5.69. The van der Waals surface area contributed by atoms with Gasteiger partial charge in [-0.15, -0.1) is 0 Å². The Morgan fingerprint density at radius 3 is 2.81 bits per heavy atom. The topological polar surface area (TPSA) is 17.4 Å². The minimum Gasteiger partial charge on any atom is -0.493 e. The maximum atomic E-state index is 5.64. The van der Waals surface area contributed by atoms with Crippen molar-refractivity contribution >= 4 is 0 Å². The minimum atomic E-state index is 0.345. The van der Waals surface area contributed by atoms with E-state index >= 15 is 0 Å². The summed E-state index contributed by atoms with van der Waals surface area (Å²) in [5.41, 5.74) is 5.58. The molecule has 0 bridgehead atoms. The Bertz CT molecular complexity index is 900. The van der Waals surface area contributed by atoms with E-state index in [9.17, 15) is 0 Å². The second-order valence-corrected chi connectivity index (χ2v) is 7.27. The van der Waals surface area contributed by atoms with Gasteiger partial charge in [0, 0.05) is 37.9 Å². The van der Waals surface area contributed by atoms with E-state index in [0.717, 1.165) is 44.8 Å². The van der Waals surface area contributed by atoms with Gasteiger partial charge in [0.1, 0.15) is 5.75 Å². The highest BCUT2D eigenvalue weighted by Crippen LogP contribution is 2.32. The normalized spacial score (nSPS) is 19.0. The Morgan fingerprint density at radius 2 is 1.88 bits per heavy atom. The number of benzene rings is 2. The summed E-state index contributed by atoms with van der Waals surface area (Å²) in [6.07, 6.45) is 4.34. The van der Waals surface area contributed by atoms with Crippen LogP contribution in [0, 0.1) is 0 Å². The van der Waals surface area contributed by atoms with Crippen molar-refractivity contribution in [1.29, 1.82) is 0 Å². The molecule has 3 nitrogen and oxygen atoms in total. The minimum absolute atomic E-state index is 0.345. The second-order valence-electron chi connectivity index (χ2n) is 7.27. The third-order valence-corrected chi connectivity index (χ3v) is 5.69. The highest BCUT2D eigenvalue weighted by Gasteiger charge is 2.28. The van der Waals surface area contributed by atoms with Gasteiger partial charge >= 0.3 is 0 Å². The maximum Gasteiger partial charge on any atom is 0.122 e. The van der Waals surface area contributed by atoms with Crippen molar-refractivity contribution in [2.24, 2.45) is 0 Å². The van der Waals surface area contributed by atoms with Crippen LogP contribution in [0.4, 0.5) is 0 Å². The van der Waals surface area contributed by atoms with Crippen LogP contribution in [0.25, 0.3) is 0 Å². The largest absolute Gasteiger partial charge is 0.493 e. The van der Waals surface area contributed by atoms with Gasteiger partial charge in [-0.05, 0) is 41.3 Å². The first-order valence-electron chi connectivity index (χ1n) is 9.57. The van der Waals surface area contributed by atoms with Crippen LogP contribution in [-0.2, 0) is 19.4 Å². The Labute approximate surface area is 154 Å². The van der Waals surface area contributed by atoms with Gasteiger partial charge in [-0.1, -0.05) is 42.5 Å². The van der Waals surface area contributed by atoms with Gasteiger partial charge in [-0.3, -0.25) is 4.90 Å². The first kappa shape index (κ1) is 15.7. The van der Waals surface area contributed by atoms with Gasteiger partial charge in [0.2, 0.25) is 0 Å². The molecule has 5 rings (SSSR count). The molecule has 0 aliphatic carbocycles. The molecule has 26 heavy (non-hydrogen) atoms. The molecule has 0 fully saturated rings. The molecule has 3 heteroatoms. The van der Waals surface area contributed by atoms with Crippen molar-refractivity contribution in [3.63, 3.8) is 0 Å². The van der Waals surface area contributed by atoms with Gasteiger partial charge < -0.3 is 9.30 Å². The molecular formula is C23H24N2O. The number of ether oxygens (including phenoxy) is 1. The predicted molar refractivity (Wildman–Crippen MR) is 104 cm³/mol. The zero-order valence-corrected chi connectivity index (χ0v) is 15.0. The molecular weight excluding hydrogens is 320 g/mol.